The maximum absolute atomic E-state index is 13.8. The minimum absolute atomic E-state index is 0.0223. The predicted molar refractivity (Wildman–Crippen MR) is 101 cm³/mol. The molecule has 1 heterocycles. The van der Waals surface area contributed by atoms with Crippen LogP contribution in [0.2, 0.25) is 5.02 Å². The number of nitrogens with zero attached hydrogens (tertiary/aromatic N) is 2. The van der Waals surface area contributed by atoms with Crippen molar-refractivity contribution in [1.82, 2.24) is 10.1 Å². The number of ether oxygens (including phenoxy) is 2. The van der Waals surface area contributed by atoms with Crippen LogP contribution in [0.4, 0.5) is 10.1 Å². The van der Waals surface area contributed by atoms with Gasteiger partial charge in [0.1, 0.15) is 0 Å². The molecule has 146 valence electrons. The van der Waals surface area contributed by atoms with Gasteiger partial charge in [0, 0.05) is 18.4 Å². The third kappa shape index (κ3) is 4.40. The molecule has 7 nitrogen and oxygen atoms in total. The van der Waals surface area contributed by atoms with Crippen molar-refractivity contribution in [1.29, 1.82) is 0 Å². The van der Waals surface area contributed by atoms with Gasteiger partial charge in [0.05, 0.1) is 24.9 Å². The van der Waals surface area contributed by atoms with Crippen LogP contribution in [0.25, 0.3) is 11.4 Å². The first-order valence-corrected chi connectivity index (χ1v) is 8.68. The Hall–Kier alpha value is -3.13. The van der Waals surface area contributed by atoms with Crippen LogP contribution in [-0.2, 0) is 11.2 Å². The molecule has 0 fully saturated rings. The predicted octanol–water partition coefficient (Wildman–Crippen LogP) is 4.12. The van der Waals surface area contributed by atoms with E-state index in [0.717, 1.165) is 0 Å². The average molecular weight is 406 g/mol. The minimum atomic E-state index is -0.675. The highest BCUT2D eigenvalue weighted by Gasteiger charge is 2.14. The Kier molecular flexibility index (Phi) is 6.10. The van der Waals surface area contributed by atoms with Crippen LogP contribution in [0.3, 0.4) is 0 Å². The van der Waals surface area contributed by atoms with Crippen molar-refractivity contribution in [3.63, 3.8) is 0 Å². The fraction of sp³-hybridized carbons (Fsp3) is 0.211. The van der Waals surface area contributed by atoms with E-state index in [0.29, 0.717) is 22.9 Å². The second-order valence-corrected chi connectivity index (χ2v) is 6.14. The smallest absolute Gasteiger partial charge is 0.227 e. The maximum Gasteiger partial charge on any atom is 0.227 e. The molecule has 0 aliphatic heterocycles. The molecule has 1 aromatic heterocycles. The van der Waals surface area contributed by atoms with Crippen molar-refractivity contribution in [2.45, 2.75) is 12.8 Å². The largest absolute Gasteiger partial charge is 0.493 e. The number of nitrogens with one attached hydrogen (secondary N) is 1. The van der Waals surface area contributed by atoms with Crippen LogP contribution < -0.4 is 14.8 Å². The summed E-state index contributed by atoms with van der Waals surface area (Å²) in [6.45, 7) is 0. The molecule has 9 heteroatoms. The zero-order valence-electron chi connectivity index (χ0n) is 15.2. The molecular weight excluding hydrogens is 389 g/mol. The number of carbonyl (C=O) groups is 1. The molecule has 0 aliphatic carbocycles. The Morgan fingerprint density at radius 3 is 2.75 bits per heavy atom. The molecule has 3 aromatic rings. The first kappa shape index (κ1) is 19.6. The average Bonchev–Trinajstić information content (AvgIpc) is 3.18. The van der Waals surface area contributed by atoms with Crippen molar-refractivity contribution in [2.75, 3.05) is 19.5 Å². The van der Waals surface area contributed by atoms with E-state index in [-0.39, 0.29) is 29.4 Å². The van der Waals surface area contributed by atoms with Crippen molar-refractivity contribution in [2.24, 2.45) is 0 Å². The Labute approximate surface area is 165 Å². The minimum Gasteiger partial charge on any atom is -0.493 e. The molecule has 0 aliphatic rings. The number of hydrogen-bond donors (Lipinski definition) is 1. The van der Waals surface area contributed by atoms with E-state index in [1.807, 2.05) is 0 Å². The van der Waals surface area contributed by atoms with Gasteiger partial charge in [-0.3, -0.25) is 4.79 Å². The fourth-order valence-electron chi connectivity index (χ4n) is 2.48. The number of carbonyl (C=O) groups excluding carboxylic acids is 1. The van der Waals surface area contributed by atoms with Gasteiger partial charge in [-0.15, -0.1) is 0 Å². The quantitative estimate of drug-likeness (QED) is 0.636. The third-order valence-corrected chi connectivity index (χ3v) is 4.19. The molecule has 28 heavy (non-hydrogen) atoms. The van der Waals surface area contributed by atoms with E-state index in [1.54, 1.807) is 31.4 Å². The molecule has 0 unspecified atom stereocenters. The van der Waals surface area contributed by atoms with Gasteiger partial charge in [0.2, 0.25) is 17.6 Å². The molecule has 1 amide bonds. The SMILES string of the molecule is COc1ccc(-c2noc(CCC(=O)Nc3cccc(Cl)c3F)n2)cc1OC. The Balaban J connectivity index is 1.63. The Morgan fingerprint density at radius 2 is 2.00 bits per heavy atom. The highest BCUT2D eigenvalue weighted by atomic mass is 35.5. The lowest BCUT2D eigenvalue weighted by Gasteiger charge is -2.07. The number of aromatic nitrogens is 2. The fourth-order valence-corrected chi connectivity index (χ4v) is 2.66. The van der Waals surface area contributed by atoms with Gasteiger partial charge in [0.15, 0.2) is 17.3 Å². The van der Waals surface area contributed by atoms with Crippen molar-refractivity contribution < 1.29 is 23.2 Å². The molecule has 0 atom stereocenters. The number of benzene rings is 2. The van der Waals surface area contributed by atoms with E-state index >= 15 is 0 Å². The highest BCUT2D eigenvalue weighted by molar-refractivity contribution is 6.31. The van der Waals surface area contributed by atoms with E-state index < -0.39 is 11.7 Å². The molecule has 3 rings (SSSR count). The van der Waals surface area contributed by atoms with Crippen LogP contribution in [0, 0.1) is 5.82 Å². The zero-order valence-corrected chi connectivity index (χ0v) is 15.9. The number of halogens is 2. The monoisotopic (exact) mass is 405 g/mol. The van der Waals surface area contributed by atoms with Gasteiger partial charge < -0.3 is 19.3 Å². The van der Waals surface area contributed by atoms with Crippen LogP contribution in [-0.4, -0.2) is 30.3 Å². The second kappa shape index (κ2) is 8.71. The summed E-state index contributed by atoms with van der Waals surface area (Å²) in [5.74, 6) is 0.691. The summed E-state index contributed by atoms with van der Waals surface area (Å²) in [5, 5.41) is 6.32. The zero-order chi connectivity index (χ0) is 20.1. The van der Waals surface area contributed by atoms with E-state index in [9.17, 15) is 9.18 Å². The lowest BCUT2D eigenvalue weighted by atomic mass is 10.2. The van der Waals surface area contributed by atoms with Gasteiger partial charge >= 0.3 is 0 Å². The summed E-state index contributed by atoms with van der Waals surface area (Å²) in [5.41, 5.74) is 0.701. The van der Waals surface area contributed by atoms with E-state index in [2.05, 4.69) is 15.5 Å². The van der Waals surface area contributed by atoms with Gasteiger partial charge in [0.25, 0.3) is 0 Å². The Morgan fingerprint density at radius 1 is 1.21 bits per heavy atom. The molecule has 0 spiro atoms. The van der Waals surface area contributed by atoms with Crippen LogP contribution in [0.1, 0.15) is 12.3 Å². The number of aryl methyl sites for hydroxylation is 1. The highest BCUT2D eigenvalue weighted by Crippen LogP contribution is 2.31. The summed E-state index contributed by atoms with van der Waals surface area (Å²) >= 11 is 5.70. The number of amides is 1. The summed E-state index contributed by atoms with van der Waals surface area (Å²) < 4.78 is 29.5. The van der Waals surface area contributed by atoms with E-state index in [1.165, 1.54) is 19.2 Å². The van der Waals surface area contributed by atoms with Crippen molar-refractivity contribution >= 4 is 23.2 Å². The molecule has 0 saturated carbocycles. The second-order valence-electron chi connectivity index (χ2n) is 5.73. The molecule has 0 bridgehead atoms. The normalized spacial score (nSPS) is 10.6. The number of hydrogen-bond acceptors (Lipinski definition) is 6. The van der Waals surface area contributed by atoms with Gasteiger partial charge in [-0.25, -0.2) is 4.39 Å². The molecule has 1 N–H and O–H groups in total. The lowest BCUT2D eigenvalue weighted by Crippen LogP contribution is -2.13. The number of methoxy groups -OCH3 is 2. The first-order chi connectivity index (χ1) is 13.5. The van der Waals surface area contributed by atoms with Crippen molar-refractivity contribution in [3.8, 4) is 22.9 Å². The van der Waals surface area contributed by atoms with Gasteiger partial charge in [-0.2, -0.15) is 4.98 Å². The first-order valence-electron chi connectivity index (χ1n) is 8.30. The Bertz CT molecular complexity index is 993. The third-order valence-electron chi connectivity index (χ3n) is 3.90. The topological polar surface area (TPSA) is 86.5 Å². The summed E-state index contributed by atoms with van der Waals surface area (Å²) in [6, 6.07) is 9.61. The van der Waals surface area contributed by atoms with Gasteiger partial charge in [-0.1, -0.05) is 22.8 Å². The molecule has 2 aromatic carbocycles. The molecule has 0 radical (unpaired) electrons. The van der Waals surface area contributed by atoms with Gasteiger partial charge in [-0.05, 0) is 30.3 Å². The summed E-state index contributed by atoms with van der Waals surface area (Å²) in [6.07, 6.45) is 0.244. The summed E-state index contributed by atoms with van der Waals surface area (Å²) in [4.78, 5) is 16.3. The van der Waals surface area contributed by atoms with Crippen LogP contribution in [0.5, 0.6) is 11.5 Å². The lowest BCUT2D eigenvalue weighted by molar-refractivity contribution is -0.116. The van der Waals surface area contributed by atoms with E-state index in [4.69, 9.17) is 25.6 Å². The molecular formula is C19H17ClFN3O4. The summed E-state index contributed by atoms with van der Waals surface area (Å²) in [7, 11) is 3.08. The maximum atomic E-state index is 13.8. The standard InChI is InChI=1S/C19H17ClFN3O4/c1-26-14-7-6-11(10-15(14)27-2)19-23-17(28-24-19)9-8-16(25)22-13-5-3-4-12(20)18(13)21/h3-7,10H,8-9H2,1-2H3,(H,22,25). The van der Waals surface area contributed by atoms with Crippen LogP contribution in [0.15, 0.2) is 40.9 Å². The molecule has 0 saturated heterocycles. The van der Waals surface area contributed by atoms with Crippen molar-refractivity contribution in [3.05, 3.63) is 53.1 Å². The van der Waals surface area contributed by atoms with Crippen LogP contribution >= 0.6 is 11.6 Å². The number of anilines is 1. The number of rotatable bonds is 7.